The van der Waals surface area contributed by atoms with Gasteiger partial charge in [-0.25, -0.2) is 0 Å². The quantitative estimate of drug-likeness (QED) is 0.450. The number of carbonyl (C=O) groups is 1. The maximum absolute atomic E-state index is 12.2. The number of aromatic hydroxyl groups is 1. The van der Waals surface area contributed by atoms with Crippen molar-refractivity contribution in [3.63, 3.8) is 0 Å². The second-order valence-corrected chi connectivity index (χ2v) is 6.57. The first-order valence-electron chi connectivity index (χ1n) is 8.84. The average molecular weight is 379 g/mol. The number of nitrogens with one attached hydrogen (secondary N) is 2. The number of carbonyl (C=O) groups excluding carboxylic acids is 1. The maximum atomic E-state index is 12.2. The van der Waals surface area contributed by atoms with Crippen molar-refractivity contribution < 1.29 is 9.90 Å². The molecule has 0 bridgehead atoms. The maximum Gasteiger partial charge on any atom is 0.257 e. The number of hydrogen-bond acceptors (Lipinski definition) is 6. The molecule has 3 aromatic rings. The molecule has 0 aliphatic heterocycles. The van der Waals surface area contributed by atoms with E-state index in [-0.39, 0.29) is 34.3 Å². The second-order valence-electron chi connectivity index (χ2n) is 6.57. The molecule has 7 heteroatoms. The standard InChI is InChI=1S/C21H21N3O4/c1-4-12-8-5-6-10-14(12)22-16-17(20(27)19(16)26)23-15-11-7-9-13(18(15)25)21(28)24(2)3/h5-11,22-23,25H,4H2,1-3H3. The van der Waals surface area contributed by atoms with Crippen molar-refractivity contribution in [3.05, 3.63) is 74.0 Å². The van der Waals surface area contributed by atoms with Crippen LogP contribution in [0.1, 0.15) is 22.8 Å². The first-order chi connectivity index (χ1) is 13.3. The van der Waals surface area contributed by atoms with Gasteiger partial charge in [-0.2, -0.15) is 0 Å². The Morgan fingerprint density at radius 2 is 1.50 bits per heavy atom. The Hall–Kier alpha value is -3.61. The highest BCUT2D eigenvalue weighted by molar-refractivity contribution is 5.99. The Bertz CT molecular complexity index is 1110. The van der Waals surface area contributed by atoms with Crippen LogP contribution in [0.4, 0.5) is 22.7 Å². The number of amides is 1. The fourth-order valence-electron chi connectivity index (χ4n) is 2.91. The highest BCUT2D eigenvalue weighted by Crippen LogP contribution is 2.33. The summed E-state index contributed by atoms with van der Waals surface area (Å²) in [7, 11) is 3.15. The lowest BCUT2D eigenvalue weighted by Crippen LogP contribution is -2.36. The summed E-state index contributed by atoms with van der Waals surface area (Å²) in [5.41, 5.74) is 0.888. The molecule has 0 unspecified atom stereocenters. The summed E-state index contributed by atoms with van der Waals surface area (Å²) in [6, 6.07) is 12.1. The fraction of sp³-hybridized carbons (Fsp3) is 0.190. The highest BCUT2D eigenvalue weighted by atomic mass is 16.3. The predicted octanol–water partition coefficient (Wildman–Crippen LogP) is 2.74. The average Bonchev–Trinajstić information content (AvgIpc) is 2.71. The summed E-state index contributed by atoms with van der Waals surface area (Å²) < 4.78 is 0. The fourth-order valence-corrected chi connectivity index (χ4v) is 2.91. The van der Waals surface area contributed by atoms with Crippen molar-refractivity contribution in [1.29, 1.82) is 0 Å². The number of benzene rings is 2. The first-order valence-corrected chi connectivity index (χ1v) is 8.84. The summed E-state index contributed by atoms with van der Waals surface area (Å²) in [5.74, 6) is -0.657. The van der Waals surface area contributed by atoms with Gasteiger partial charge in [-0.1, -0.05) is 31.2 Å². The van der Waals surface area contributed by atoms with Gasteiger partial charge in [0.2, 0.25) is 0 Å². The second kappa shape index (κ2) is 7.56. The molecular formula is C21H21N3O4. The van der Waals surface area contributed by atoms with Crippen molar-refractivity contribution in [2.24, 2.45) is 0 Å². The number of hydrogen-bond donors (Lipinski definition) is 3. The van der Waals surface area contributed by atoms with Gasteiger partial charge in [0.15, 0.2) is 5.75 Å². The molecule has 0 saturated carbocycles. The van der Waals surface area contributed by atoms with Crippen LogP contribution in [-0.2, 0) is 6.42 Å². The van der Waals surface area contributed by atoms with E-state index in [0.717, 1.165) is 17.7 Å². The van der Waals surface area contributed by atoms with Crippen LogP contribution in [0.2, 0.25) is 0 Å². The topological polar surface area (TPSA) is 98.7 Å². The molecule has 1 amide bonds. The normalized spacial score (nSPS) is 10.7. The van der Waals surface area contributed by atoms with Crippen LogP contribution in [0.5, 0.6) is 5.75 Å². The molecule has 3 aromatic carbocycles. The van der Waals surface area contributed by atoms with Crippen LogP contribution in [0.25, 0.3) is 0 Å². The lowest BCUT2D eigenvalue weighted by atomic mass is 10.1. The van der Waals surface area contributed by atoms with Gasteiger partial charge >= 0.3 is 0 Å². The van der Waals surface area contributed by atoms with Crippen LogP contribution >= 0.6 is 0 Å². The number of anilines is 4. The number of phenolic OH excluding ortho intramolecular Hbond substituents is 1. The molecule has 0 radical (unpaired) electrons. The van der Waals surface area contributed by atoms with E-state index in [2.05, 4.69) is 10.6 Å². The van der Waals surface area contributed by atoms with E-state index in [1.807, 2.05) is 31.2 Å². The lowest BCUT2D eigenvalue weighted by Gasteiger charge is -2.18. The van der Waals surface area contributed by atoms with Crippen LogP contribution in [-0.4, -0.2) is 30.0 Å². The minimum atomic E-state index is -0.680. The van der Waals surface area contributed by atoms with Crippen LogP contribution in [0.3, 0.4) is 0 Å². The van der Waals surface area contributed by atoms with Crippen molar-refractivity contribution in [1.82, 2.24) is 4.90 Å². The van der Waals surface area contributed by atoms with E-state index in [0.29, 0.717) is 0 Å². The highest BCUT2D eigenvalue weighted by Gasteiger charge is 2.24. The summed E-state index contributed by atoms with van der Waals surface area (Å²) in [6.45, 7) is 1.99. The molecule has 28 heavy (non-hydrogen) atoms. The summed E-state index contributed by atoms with van der Waals surface area (Å²) >= 11 is 0. The summed E-state index contributed by atoms with van der Waals surface area (Å²) in [5, 5.41) is 16.2. The van der Waals surface area contributed by atoms with E-state index in [1.165, 1.54) is 17.0 Å². The van der Waals surface area contributed by atoms with E-state index < -0.39 is 10.9 Å². The zero-order valence-corrected chi connectivity index (χ0v) is 15.9. The molecule has 0 fully saturated rings. The van der Waals surface area contributed by atoms with Gasteiger partial charge in [-0.3, -0.25) is 14.4 Å². The van der Waals surface area contributed by atoms with Crippen LogP contribution in [0.15, 0.2) is 52.1 Å². The van der Waals surface area contributed by atoms with Gasteiger partial charge in [0.1, 0.15) is 11.4 Å². The zero-order valence-electron chi connectivity index (χ0n) is 15.9. The van der Waals surface area contributed by atoms with E-state index in [9.17, 15) is 19.5 Å². The zero-order chi connectivity index (χ0) is 20.4. The molecule has 0 aliphatic carbocycles. The first kappa shape index (κ1) is 19.2. The molecule has 3 N–H and O–H groups in total. The molecule has 144 valence electrons. The number of nitrogens with zero attached hydrogens (tertiary/aromatic N) is 1. The van der Waals surface area contributed by atoms with E-state index >= 15 is 0 Å². The Morgan fingerprint density at radius 1 is 0.929 bits per heavy atom. The third kappa shape index (κ3) is 3.34. The third-order valence-corrected chi connectivity index (χ3v) is 4.50. The minimum absolute atomic E-state index is 0.0562. The Kier molecular flexibility index (Phi) is 5.17. The molecule has 0 aliphatic rings. The van der Waals surface area contributed by atoms with E-state index in [4.69, 9.17) is 0 Å². The van der Waals surface area contributed by atoms with Gasteiger partial charge in [0.05, 0.1) is 11.3 Å². The van der Waals surface area contributed by atoms with Gasteiger partial charge in [0.25, 0.3) is 16.8 Å². The number of phenols is 1. The van der Waals surface area contributed by atoms with Crippen molar-refractivity contribution in [2.45, 2.75) is 13.3 Å². The number of para-hydroxylation sites is 2. The molecular weight excluding hydrogens is 358 g/mol. The van der Waals surface area contributed by atoms with Gasteiger partial charge < -0.3 is 20.6 Å². The summed E-state index contributed by atoms with van der Waals surface area (Å²) in [4.78, 5) is 37.7. The molecule has 0 saturated heterocycles. The summed E-state index contributed by atoms with van der Waals surface area (Å²) in [6.07, 6.45) is 0.761. The van der Waals surface area contributed by atoms with Crippen molar-refractivity contribution in [2.75, 3.05) is 24.7 Å². The van der Waals surface area contributed by atoms with Crippen molar-refractivity contribution >= 4 is 28.7 Å². The molecule has 0 atom stereocenters. The largest absolute Gasteiger partial charge is 0.505 e. The number of aryl methyl sites for hydroxylation is 1. The lowest BCUT2D eigenvalue weighted by molar-refractivity contribution is 0.0824. The molecule has 0 aromatic heterocycles. The van der Waals surface area contributed by atoms with Gasteiger partial charge in [-0.15, -0.1) is 0 Å². The Labute approximate surface area is 161 Å². The monoisotopic (exact) mass is 379 g/mol. The van der Waals surface area contributed by atoms with Crippen LogP contribution in [0, 0.1) is 0 Å². The van der Waals surface area contributed by atoms with Crippen LogP contribution < -0.4 is 21.5 Å². The van der Waals surface area contributed by atoms with Gasteiger partial charge in [-0.05, 0) is 30.2 Å². The minimum Gasteiger partial charge on any atom is -0.505 e. The Balaban J connectivity index is 1.95. The van der Waals surface area contributed by atoms with E-state index in [1.54, 1.807) is 20.2 Å². The molecule has 3 rings (SSSR count). The SMILES string of the molecule is CCc1ccccc1Nc1c(Nc2cccc(C(=O)N(C)C)c2O)c(=O)c1=O. The Morgan fingerprint density at radius 3 is 2.11 bits per heavy atom. The predicted molar refractivity (Wildman–Crippen MR) is 110 cm³/mol. The molecule has 7 nitrogen and oxygen atoms in total. The number of rotatable bonds is 6. The third-order valence-electron chi connectivity index (χ3n) is 4.50. The smallest absolute Gasteiger partial charge is 0.257 e. The van der Waals surface area contributed by atoms with Gasteiger partial charge in [0, 0.05) is 19.8 Å². The molecule has 0 spiro atoms. The van der Waals surface area contributed by atoms with Crippen molar-refractivity contribution in [3.8, 4) is 5.75 Å². The molecule has 0 heterocycles.